The summed E-state index contributed by atoms with van der Waals surface area (Å²) in [6.45, 7) is 5.54. The van der Waals surface area contributed by atoms with Gasteiger partial charge < -0.3 is 9.64 Å². The predicted octanol–water partition coefficient (Wildman–Crippen LogP) is 2.94. The number of carbonyl (C=O) groups is 1. The molecule has 4 nitrogen and oxygen atoms in total. The van der Waals surface area contributed by atoms with Gasteiger partial charge in [-0.05, 0) is 24.6 Å². The fraction of sp³-hybridized carbons (Fsp3) is 0.350. The topological polar surface area (TPSA) is 32.8 Å². The third-order valence-corrected chi connectivity index (χ3v) is 4.42. The Morgan fingerprint density at radius 3 is 2.36 bits per heavy atom. The number of benzene rings is 2. The summed E-state index contributed by atoms with van der Waals surface area (Å²) in [6, 6.07) is 16.5. The van der Waals surface area contributed by atoms with Crippen molar-refractivity contribution in [2.24, 2.45) is 0 Å². The number of hydrogen-bond donors (Lipinski definition) is 0. The smallest absolute Gasteiger partial charge is 0.263 e. The normalized spacial score (nSPS) is 16.5. The van der Waals surface area contributed by atoms with Gasteiger partial charge in [-0.1, -0.05) is 42.5 Å². The molecule has 0 saturated carbocycles. The molecule has 0 N–H and O–H groups in total. The Bertz CT molecular complexity index is 700. The molecule has 5 heteroatoms. The van der Waals surface area contributed by atoms with E-state index in [1.54, 1.807) is 24.0 Å². The van der Waals surface area contributed by atoms with E-state index in [1.807, 2.05) is 18.2 Å². The van der Waals surface area contributed by atoms with Gasteiger partial charge in [0, 0.05) is 32.7 Å². The minimum atomic E-state index is -0.697. The van der Waals surface area contributed by atoms with Crippen molar-refractivity contribution in [3.63, 3.8) is 0 Å². The minimum absolute atomic E-state index is 0.0948. The van der Waals surface area contributed by atoms with Gasteiger partial charge in [-0.25, -0.2) is 4.39 Å². The van der Waals surface area contributed by atoms with Gasteiger partial charge in [0.2, 0.25) is 0 Å². The van der Waals surface area contributed by atoms with Crippen molar-refractivity contribution in [3.05, 3.63) is 66.0 Å². The SMILES string of the molecule is CC(Oc1ccccc1F)C(=O)N1CCN(Cc2ccccc2)CC1. The highest BCUT2D eigenvalue weighted by atomic mass is 19.1. The summed E-state index contributed by atoms with van der Waals surface area (Å²) < 4.78 is 19.2. The molecule has 0 bridgehead atoms. The number of nitrogens with zero attached hydrogens (tertiary/aromatic N) is 2. The van der Waals surface area contributed by atoms with Crippen molar-refractivity contribution < 1.29 is 13.9 Å². The molecular formula is C20H23FN2O2. The van der Waals surface area contributed by atoms with Crippen LogP contribution in [0.4, 0.5) is 4.39 Å². The van der Waals surface area contributed by atoms with E-state index < -0.39 is 11.9 Å². The maximum absolute atomic E-state index is 13.7. The average molecular weight is 342 g/mol. The lowest BCUT2D eigenvalue weighted by molar-refractivity contribution is -0.139. The van der Waals surface area contributed by atoms with Gasteiger partial charge in [0.1, 0.15) is 0 Å². The molecule has 1 fully saturated rings. The minimum Gasteiger partial charge on any atom is -0.478 e. The standard InChI is InChI=1S/C20H23FN2O2/c1-16(25-19-10-6-5-9-18(19)21)20(24)23-13-11-22(12-14-23)15-17-7-3-2-4-8-17/h2-10,16H,11-15H2,1H3. The number of carbonyl (C=O) groups excluding carboxylic acids is 1. The quantitative estimate of drug-likeness (QED) is 0.838. The van der Waals surface area contributed by atoms with Crippen LogP contribution in [0.2, 0.25) is 0 Å². The van der Waals surface area contributed by atoms with Gasteiger partial charge in [0.15, 0.2) is 17.7 Å². The number of rotatable bonds is 5. The molecular weight excluding hydrogens is 319 g/mol. The van der Waals surface area contributed by atoms with Crippen LogP contribution in [0.1, 0.15) is 12.5 Å². The van der Waals surface area contributed by atoms with Gasteiger partial charge in [0.25, 0.3) is 5.91 Å². The summed E-state index contributed by atoms with van der Waals surface area (Å²) in [7, 11) is 0. The monoisotopic (exact) mass is 342 g/mol. The van der Waals surface area contributed by atoms with Gasteiger partial charge in [-0.3, -0.25) is 9.69 Å². The summed E-state index contributed by atoms with van der Waals surface area (Å²) in [5.74, 6) is -0.427. The molecule has 0 aromatic heterocycles. The lowest BCUT2D eigenvalue weighted by atomic mass is 10.2. The van der Waals surface area contributed by atoms with E-state index in [2.05, 4.69) is 17.0 Å². The summed E-state index contributed by atoms with van der Waals surface area (Å²) in [4.78, 5) is 16.7. The molecule has 132 valence electrons. The Labute approximate surface area is 147 Å². The molecule has 3 rings (SSSR count). The zero-order valence-electron chi connectivity index (χ0n) is 14.4. The lowest BCUT2D eigenvalue weighted by Crippen LogP contribution is -2.51. The molecule has 1 saturated heterocycles. The summed E-state index contributed by atoms with van der Waals surface area (Å²) in [5, 5.41) is 0. The fourth-order valence-corrected chi connectivity index (χ4v) is 3.01. The molecule has 1 heterocycles. The van der Waals surface area contributed by atoms with E-state index in [4.69, 9.17) is 4.74 Å². The number of ether oxygens (including phenoxy) is 1. The number of hydrogen-bond acceptors (Lipinski definition) is 3. The number of halogens is 1. The summed E-state index contributed by atoms with van der Waals surface area (Å²) in [5.41, 5.74) is 1.28. The number of piperazine rings is 1. The molecule has 1 aliphatic heterocycles. The van der Waals surface area contributed by atoms with Gasteiger partial charge in [-0.15, -0.1) is 0 Å². The molecule has 2 aromatic rings. The third-order valence-electron chi connectivity index (χ3n) is 4.42. The van der Waals surface area contributed by atoms with Crippen LogP contribution in [0, 0.1) is 5.82 Å². The van der Waals surface area contributed by atoms with Crippen molar-refractivity contribution in [1.82, 2.24) is 9.80 Å². The zero-order valence-corrected chi connectivity index (χ0v) is 14.4. The Balaban J connectivity index is 1.50. The maximum atomic E-state index is 13.7. The number of amides is 1. The molecule has 25 heavy (non-hydrogen) atoms. The molecule has 2 aromatic carbocycles. The Morgan fingerprint density at radius 2 is 1.68 bits per heavy atom. The first kappa shape index (κ1) is 17.4. The van der Waals surface area contributed by atoms with E-state index in [0.29, 0.717) is 13.1 Å². The highest BCUT2D eigenvalue weighted by Crippen LogP contribution is 2.18. The lowest BCUT2D eigenvalue weighted by Gasteiger charge is -2.35. The second kappa shape index (κ2) is 8.12. The summed E-state index contributed by atoms with van der Waals surface area (Å²) >= 11 is 0. The zero-order chi connectivity index (χ0) is 17.6. The first-order chi connectivity index (χ1) is 12.1. The van der Waals surface area contributed by atoms with Gasteiger partial charge >= 0.3 is 0 Å². The first-order valence-electron chi connectivity index (χ1n) is 8.60. The molecule has 1 amide bonds. The van der Waals surface area contributed by atoms with E-state index in [-0.39, 0.29) is 11.7 Å². The third kappa shape index (κ3) is 4.57. The molecule has 1 unspecified atom stereocenters. The predicted molar refractivity (Wildman–Crippen MR) is 94.8 cm³/mol. The van der Waals surface area contributed by atoms with Crippen LogP contribution in [0.3, 0.4) is 0 Å². The van der Waals surface area contributed by atoms with E-state index in [0.717, 1.165) is 19.6 Å². The van der Waals surface area contributed by atoms with Crippen LogP contribution in [-0.2, 0) is 11.3 Å². The Hall–Kier alpha value is -2.40. The van der Waals surface area contributed by atoms with E-state index in [1.165, 1.54) is 17.7 Å². The van der Waals surface area contributed by atoms with Crippen LogP contribution in [0.15, 0.2) is 54.6 Å². The second-order valence-corrected chi connectivity index (χ2v) is 6.28. The van der Waals surface area contributed by atoms with Crippen LogP contribution in [0.25, 0.3) is 0 Å². The van der Waals surface area contributed by atoms with Crippen LogP contribution < -0.4 is 4.74 Å². The van der Waals surface area contributed by atoms with Crippen LogP contribution >= 0.6 is 0 Å². The van der Waals surface area contributed by atoms with E-state index >= 15 is 0 Å². The fourth-order valence-electron chi connectivity index (χ4n) is 3.01. The number of para-hydroxylation sites is 1. The van der Waals surface area contributed by atoms with Crippen molar-refractivity contribution in [3.8, 4) is 5.75 Å². The van der Waals surface area contributed by atoms with Crippen LogP contribution in [0.5, 0.6) is 5.75 Å². The Morgan fingerprint density at radius 1 is 1.04 bits per heavy atom. The van der Waals surface area contributed by atoms with Crippen molar-refractivity contribution in [2.75, 3.05) is 26.2 Å². The maximum Gasteiger partial charge on any atom is 0.263 e. The highest BCUT2D eigenvalue weighted by molar-refractivity contribution is 5.81. The molecule has 0 aliphatic carbocycles. The van der Waals surface area contributed by atoms with Crippen molar-refractivity contribution in [1.29, 1.82) is 0 Å². The Kier molecular flexibility index (Phi) is 5.66. The van der Waals surface area contributed by atoms with Gasteiger partial charge in [-0.2, -0.15) is 0 Å². The molecule has 0 radical (unpaired) electrons. The highest BCUT2D eigenvalue weighted by Gasteiger charge is 2.26. The average Bonchev–Trinajstić information content (AvgIpc) is 2.64. The van der Waals surface area contributed by atoms with Crippen molar-refractivity contribution >= 4 is 5.91 Å². The molecule has 0 spiro atoms. The largest absolute Gasteiger partial charge is 0.478 e. The second-order valence-electron chi connectivity index (χ2n) is 6.28. The van der Waals surface area contributed by atoms with Crippen LogP contribution in [-0.4, -0.2) is 48.0 Å². The molecule has 1 aliphatic rings. The van der Waals surface area contributed by atoms with E-state index in [9.17, 15) is 9.18 Å². The van der Waals surface area contributed by atoms with Gasteiger partial charge in [0.05, 0.1) is 0 Å². The van der Waals surface area contributed by atoms with Crippen molar-refractivity contribution in [2.45, 2.75) is 19.6 Å². The summed E-state index contributed by atoms with van der Waals surface area (Å²) in [6.07, 6.45) is -0.697. The first-order valence-corrected chi connectivity index (χ1v) is 8.60. The molecule has 1 atom stereocenters.